The SMILES string of the molecule is O=C(O)c1ccc(NC(c2ccc3cccnc3c2O)C2CCCCC2)cc1. The van der Waals surface area contributed by atoms with Crippen LogP contribution < -0.4 is 5.32 Å². The molecule has 1 unspecified atom stereocenters. The lowest BCUT2D eigenvalue weighted by molar-refractivity contribution is 0.0697. The van der Waals surface area contributed by atoms with E-state index in [1.807, 2.05) is 24.3 Å². The van der Waals surface area contributed by atoms with Crippen molar-refractivity contribution in [2.24, 2.45) is 5.92 Å². The minimum Gasteiger partial charge on any atom is -0.505 e. The summed E-state index contributed by atoms with van der Waals surface area (Å²) in [6.45, 7) is 0. The number of phenolic OH excluding ortho intramolecular Hbond substituents is 1. The number of aromatic nitrogens is 1. The van der Waals surface area contributed by atoms with Gasteiger partial charge in [-0.1, -0.05) is 37.5 Å². The molecular formula is C23H24N2O3. The van der Waals surface area contributed by atoms with Crippen LogP contribution in [0.5, 0.6) is 5.75 Å². The van der Waals surface area contributed by atoms with E-state index < -0.39 is 5.97 Å². The summed E-state index contributed by atoms with van der Waals surface area (Å²) >= 11 is 0. The van der Waals surface area contributed by atoms with Crippen molar-refractivity contribution in [3.63, 3.8) is 0 Å². The molecule has 0 aliphatic heterocycles. The third kappa shape index (κ3) is 3.65. The number of phenols is 1. The number of carboxylic acids is 1. The van der Waals surface area contributed by atoms with E-state index in [1.165, 1.54) is 19.3 Å². The molecule has 1 aromatic heterocycles. The van der Waals surface area contributed by atoms with E-state index in [-0.39, 0.29) is 17.4 Å². The van der Waals surface area contributed by atoms with Crippen molar-refractivity contribution in [2.75, 3.05) is 5.32 Å². The molecule has 1 fully saturated rings. The molecule has 3 N–H and O–H groups in total. The van der Waals surface area contributed by atoms with Crippen molar-refractivity contribution in [3.8, 4) is 5.75 Å². The van der Waals surface area contributed by atoms with E-state index in [0.717, 1.165) is 29.5 Å². The Morgan fingerprint density at radius 2 is 1.79 bits per heavy atom. The predicted octanol–water partition coefficient (Wildman–Crippen LogP) is 5.37. The van der Waals surface area contributed by atoms with Gasteiger partial charge in [0, 0.05) is 22.8 Å². The van der Waals surface area contributed by atoms with E-state index in [4.69, 9.17) is 5.11 Å². The molecule has 0 spiro atoms. The second-order valence-electron chi connectivity index (χ2n) is 7.48. The first kappa shape index (κ1) is 18.3. The van der Waals surface area contributed by atoms with E-state index in [9.17, 15) is 9.90 Å². The second kappa shape index (κ2) is 7.89. The minimum atomic E-state index is -0.936. The molecule has 1 aliphatic carbocycles. The first-order valence-corrected chi connectivity index (χ1v) is 9.80. The number of rotatable bonds is 5. The molecule has 1 heterocycles. The van der Waals surface area contributed by atoms with Crippen molar-refractivity contribution in [3.05, 3.63) is 65.9 Å². The Kier molecular flexibility index (Phi) is 5.15. The summed E-state index contributed by atoms with van der Waals surface area (Å²) in [4.78, 5) is 15.5. The molecule has 0 radical (unpaired) electrons. The number of aromatic hydroxyl groups is 1. The van der Waals surface area contributed by atoms with Crippen molar-refractivity contribution in [1.82, 2.24) is 4.98 Å². The molecule has 1 atom stereocenters. The fraction of sp³-hybridized carbons (Fsp3) is 0.304. The summed E-state index contributed by atoms with van der Waals surface area (Å²) in [5.74, 6) is -0.308. The van der Waals surface area contributed by atoms with Crippen LogP contribution in [-0.2, 0) is 0 Å². The number of fused-ring (bicyclic) bond motifs is 1. The van der Waals surface area contributed by atoms with Crippen LogP contribution in [0.1, 0.15) is 54.1 Å². The number of aromatic carboxylic acids is 1. The Hall–Kier alpha value is -3.08. The average molecular weight is 376 g/mol. The molecule has 0 saturated heterocycles. The summed E-state index contributed by atoms with van der Waals surface area (Å²) in [6.07, 6.45) is 7.53. The Bertz CT molecular complexity index is 979. The number of nitrogens with one attached hydrogen (secondary N) is 1. The zero-order chi connectivity index (χ0) is 19.5. The van der Waals surface area contributed by atoms with Gasteiger partial charge in [0.15, 0.2) is 0 Å². The Labute approximate surface area is 164 Å². The quantitative estimate of drug-likeness (QED) is 0.557. The maximum Gasteiger partial charge on any atom is 0.335 e. The number of benzene rings is 2. The maximum absolute atomic E-state index is 11.1. The molecule has 5 heteroatoms. The van der Waals surface area contributed by atoms with Crippen LogP contribution in [-0.4, -0.2) is 21.2 Å². The zero-order valence-electron chi connectivity index (χ0n) is 15.6. The maximum atomic E-state index is 11.1. The molecule has 144 valence electrons. The van der Waals surface area contributed by atoms with Gasteiger partial charge in [-0.3, -0.25) is 4.98 Å². The van der Waals surface area contributed by atoms with Crippen LogP contribution in [0.3, 0.4) is 0 Å². The van der Waals surface area contributed by atoms with Crippen molar-refractivity contribution >= 4 is 22.6 Å². The highest BCUT2D eigenvalue weighted by Gasteiger charge is 2.28. The molecule has 4 rings (SSSR count). The summed E-state index contributed by atoms with van der Waals surface area (Å²) in [5, 5.41) is 24.6. The summed E-state index contributed by atoms with van der Waals surface area (Å²) in [7, 11) is 0. The molecule has 1 aliphatic rings. The fourth-order valence-corrected chi connectivity index (χ4v) is 4.20. The van der Waals surface area contributed by atoms with Crippen molar-refractivity contribution < 1.29 is 15.0 Å². The number of hydrogen-bond donors (Lipinski definition) is 3. The Morgan fingerprint density at radius 3 is 2.50 bits per heavy atom. The van der Waals surface area contributed by atoms with Gasteiger partial charge >= 0.3 is 5.97 Å². The van der Waals surface area contributed by atoms with Crippen LogP contribution in [0.4, 0.5) is 5.69 Å². The highest BCUT2D eigenvalue weighted by atomic mass is 16.4. The highest BCUT2D eigenvalue weighted by Crippen LogP contribution is 2.41. The number of carboxylic acid groups (broad SMARTS) is 1. The third-order valence-electron chi connectivity index (χ3n) is 5.69. The van der Waals surface area contributed by atoms with Gasteiger partial charge in [0.25, 0.3) is 0 Å². The average Bonchev–Trinajstić information content (AvgIpc) is 2.74. The molecule has 1 saturated carbocycles. The monoisotopic (exact) mass is 376 g/mol. The van der Waals surface area contributed by atoms with Crippen molar-refractivity contribution in [2.45, 2.75) is 38.1 Å². The molecule has 28 heavy (non-hydrogen) atoms. The lowest BCUT2D eigenvalue weighted by Crippen LogP contribution is -2.23. The van der Waals surface area contributed by atoms with Gasteiger partial charge in [-0.2, -0.15) is 0 Å². The topological polar surface area (TPSA) is 82.5 Å². The van der Waals surface area contributed by atoms with Crippen LogP contribution >= 0.6 is 0 Å². The molecule has 0 bridgehead atoms. The van der Waals surface area contributed by atoms with Gasteiger partial charge in [0.1, 0.15) is 11.3 Å². The Morgan fingerprint density at radius 1 is 1.04 bits per heavy atom. The number of nitrogens with zero attached hydrogens (tertiary/aromatic N) is 1. The lowest BCUT2D eigenvalue weighted by Gasteiger charge is -2.32. The van der Waals surface area contributed by atoms with Crippen LogP contribution in [0.2, 0.25) is 0 Å². The van der Waals surface area contributed by atoms with Gasteiger partial charge in [0.2, 0.25) is 0 Å². The molecule has 2 aromatic carbocycles. The van der Waals surface area contributed by atoms with E-state index in [2.05, 4.69) is 10.3 Å². The smallest absolute Gasteiger partial charge is 0.335 e. The molecule has 3 aromatic rings. The normalized spacial score (nSPS) is 16.0. The molecule has 5 nitrogen and oxygen atoms in total. The van der Waals surface area contributed by atoms with Gasteiger partial charge in [0.05, 0.1) is 11.6 Å². The number of hydrogen-bond acceptors (Lipinski definition) is 4. The standard InChI is InChI=1S/C23H24N2O3/c26-22-19(13-10-16-7-4-14-24-21(16)22)20(15-5-2-1-3-6-15)25-18-11-8-17(9-12-18)23(27)28/h4,7-15,20,25-26H,1-3,5-6H2,(H,27,28). The largest absolute Gasteiger partial charge is 0.505 e. The lowest BCUT2D eigenvalue weighted by atomic mass is 9.80. The molecular weight excluding hydrogens is 352 g/mol. The van der Waals surface area contributed by atoms with E-state index in [0.29, 0.717) is 11.4 Å². The highest BCUT2D eigenvalue weighted by molar-refractivity contribution is 5.88. The molecule has 0 amide bonds. The van der Waals surface area contributed by atoms with E-state index in [1.54, 1.807) is 30.5 Å². The van der Waals surface area contributed by atoms with Gasteiger partial charge in [-0.05, 0) is 49.1 Å². The fourth-order valence-electron chi connectivity index (χ4n) is 4.20. The summed E-state index contributed by atoms with van der Waals surface area (Å²) < 4.78 is 0. The number of pyridine rings is 1. The van der Waals surface area contributed by atoms with Crippen LogP contribution in [0.25, 0.3) is 10.9 Å². The number of anilines is 1. The van der Waals surface area contributed by atoms with Crippen LogP contribution in [0, 0.1) is 5.92 Å². The first-order valence-electron chi connectivity index (χ1n) is 9.80. The zero-order valence-corrected chi connectivity index (χ0v) is 15.6. The van der Waals surface area contributed by atoms with Crippen LogP contribution in [0.15, 0.2) is 54.7 Å². The summed E-state index contributed by atoms with van der Waals surface area (Å²) in [5.41, 5.74) is 2.57. The summed E-state index contributed by atoms with van der Waals surface area (Å²) in [6, 6.07) is 14.5. The first-order chi connectivity index (χ1) is 13.6. The van der Waals surface area contributed by atoms with Gasteiger partial charge in [-0.15, -0.1) is 0 Å². The van der Waals surface area contributed by atoms with Crippen molar-refractivity contribution in [1.29, 1.82) is 0 Å². The second-order valence-corrected chi connectivity index (χ2v) is 7.48. The number of carbonyl (C=O) groups is 1. The Balaban J connectivity index is 1.71. The minimum absolute atomic E-state index is 0.0533. The van der Waals surface area contributed by atoms with E-state index >= 15 is 0 Å². The predicted molar refractivity (Wildman–Crippen MR) is 110 cm³/mol. The van der Waals surface area contributed by atoms with Gasteiger partial charge in [-0.25, -0.2) is 4.79 Å². The third-order valence-corrected chi connectivity index (χ3v) is 5.69. The van der Waals surface area contributed by atoms with Gasteiger partial charge < -0.3 is 15.5 Å².